The number of rotatable bonds is 7. The molecule has 0 radical (unpaired) electrons. The Hall–Kier alpha value is -2.34. The van der Waals surface area contributed by atoms with E-state index in [1.807, 2.05) is 19.9 Å². The molecule has 2 aromatic carbocycles. The summed E-state index contributed by atoms with van der Waals surface area (Å²) in [5, 5.41) is 5.55. The zero-order valence-electron chi connectivity index (χ0n) is 14.3. The number of para-hydroxylation sites is 1. The van der Waals surface area contributed by atoms with Gasteiger partial charge in [-0.3, -0.25) is 9.59 Å². The second-order valence-electron chi connectivity index (χ2n) is 5.35. The molecule has 0 atom stereocenters. The SMILES string of the molecule is CCCOc1ccc(Br)cc1C(=O)Nc1ccccc1C(=O)NCC. The lowest BCUT2D eigenvalue weighted by molar-refractivity contribution is 0.0956. The fourth-order valence-electron chi connectivity index (χ4n) is 2.25. The van der Waals surface area contributed by atoms with E-state index in [2.05, 4.69) is 26.6 Å². The van der Waals surface area contributed by atoms with Crippen molar-refractivity contribution < 1.29 is 14.3 Å². The summed E-state index contributed by atoms with van der Waals surface area (Å²) < 4.78 is 6.43. The Morgan fingerprint density at radius 3 is 2.52 bits per heavy atom. The molecular weight excluding hydrogens is 384 g/mol. The molecule has 0 heterocycles. The number of nitrogens with one attached hydrogen (secondary N) is 2. The standard InChI is InChI=1S/C19H21BrN2O3/c1-3-11-25-17-10-9-13(20)12-15(17)19(24)22-16-8-6-5-7-14(16)18(23)21-4-2/h5-10,12H,3-4,11H2,1-2H3,(H,21,23)(H,22,24). The number of benzene rings is 2. The molecule has 5 nitrogen and oxygen atoms in total. The summed E-state index contributed by atoms with van der Waals surface area (Å²) in [7, 11) is 0. The van der Waals surface area contributed by atoms with Gasteiger partial charge in [0, 0.05) is 11.0 Å². The van der Waals surface area contributed by atoms with E-state index in [9.17, 15) is 9.59 Å². The average molecular weight is 405 g/mol. The van der Waals surface area contributed by atoms with Gasteiger partial charge >= 0.3 is 0 Å². The second-order valence-corrected chi connectivity index (χ2v) is 6.26. The van der Waals surface area contributed by atoms with Crippen molar-refractivity contribution in [1.29, 1.82) is 0 Å². The van der Waals surface area contributed by atoms with Crippen molar-refractivity contribution >= 4 is 33.4 Å². The molecule has 0 unspecified atom stereocenters. The molecule has 0 aliphatic heterocycles. The van der Waals surface area contributed by atoms with E-state index in [-0.39, 0.29) is 11.8 Å². The second kappa shape index (κ2) is 9.22. The van der Waals surface area contributed by atoms with Crippen molar-refractivity contribution in [2.24, 2.45) is 0 Å². The quantitative estimate of drug-likeness (QED) is 0.724. The molecule has 0 saturated heterocycles. The lowest BCUT2D eigenvalue weighted by Gasteiger charge is -2.14. The van der Waals surface area contributed by atoms with Gasteiger partial charge in [0.2, 0.25) is 0 Å². The first kappa shape index (κ1) is 19.0. The van der Waals surface area contributed by atoms with Gasteiger partial charge in [0.15, 0.2) is 0 Å². The van der Waals surface area contributed by atoms with Crippen LogP contribution in [0, 0.1) is 0 Å². The average Bonchev–Trinajstić information content (AvgIpc) is 2.61. The van der Waals surface area contributed by atoms with Crippen LogP contribution in [0.2, 0.25) is 0 Å². The van der Waals surface area contributed by atoms with Crippen LogP contribution in [0.15, 0.2) is 46.9 Å². The summed E-state index contributed by atoms with van der Waals surface area (Å²) in [6.45, 7) is 4.89. The van der Waals surface area contributed by atoms with Crippen LogP contribution in [0.4, 0.5) is 5.69 Å². The molecule has 0 saturated carbocycles. The highest BCUT2D eigenvalue weighted by molar-refractivity contribution is 9.10. The molecule has 0 fully saturated rings. The molecule has 2 amide bonds. The smallest absolute Gasteiger partial charge is 0.259 e. The number of carbonyl (C=O) groups is 2. The lowest BCUT2D eigenvalue weighted by atomic mass is 10.1. The van der Waals surface area contributed by atoms with Crippen molar-refractivity contribution in [1.82, 2.24) is 5.32 Å². The highest BCUT2D eigenvalue weighted by Gasteiger charge is 2.17. The summed E-state index contributed by atoms with van der Waals surface area (Å²) in [6, 6.07) is 12.2. The molecule has 6 heteroatoms. The first-order valence-electron chi connectivity index (χ1n) is 8.17. The van der Waals surface area contributed by atoms with Crippen LogP contribution in [0.1, 0.15) is 41.0 Å². The molecule has 0 aromatic heterocycles. The molecule has 2 rings (SSSR count). The predicted molar refractivity (Wildman–Crippen MR) is 102 cm³/mol. The first-order chi connectivity index (χ1) is 12.1. The lowest BCUT2D eigenvalue weighted by Crippen LogP contribution is -2.25. The third kappa shape index (κ3) is 5.06. The third-order valence-electron chi connectivity index (χ3n) is 3.41. The maximum atomic E-state index is 12.7. The minimum absolute atomic E-state index is 0.227. The van der Waals surface area contributed by atoms with Crippen molar-refractivity contribution in [3.05, 3.63) is 58.1 Å². The van der Waals surface area contributed by atoms with Crippen LogP contribution in [0.3, 0.4) is 0 Å². The predicted octanol–water partition coefficient (Wildman–Crippen LogP) is 4.24. The van der Waals surface area contributed by atoms with Gasteiger partial charge in [0.05, 0.1) is 23.4 Å². The first-order valence-corrected chi connectivity index (χ1v) is 8.97. The van der Waals surface area contributed by atoms with Crippen molar-refractivity contribution in [2.45, 2.75) is 20.3 Å². The van der Waals surface area contributed by atoms with Gasteiger partial charge in [-0.05, 0) is 43.7 Å². The van der Waals surface area contributed by atoms with Gasteiger partial charge in [0.25, 0.3) is 11.8 Å². The van der Waals surface area contributed by atoms with Gasteiger partial charge in [-0.25, -0.2) is 0 Å². The number of hydrogen-bond donors (Lipinski definition) is 2. The number of halogens is 1. The number of ether oxygens (including phenoxy) is 1. The maximum Gasteiger partial charge on any atom is 0.259 e. The number of carbonyl (C=O) groups excluding carboxylic acids is 2. The minimum Gasteiger partial charge on any atom is -0.493 e. The molecule has 0 aliphatic carbocycles. The minimum atomic E-state index is -0.329. The normalized spacial score (nSPS) is 10.2. The van der Waals surface area contributed by atoms with E-state index in [4.69, 9.17) is 4.74 Å². The van der Waals surface area contributed by atoms with E-state index in [0.29, 0.717) is 35.7 Å². The Morgan fingerprint density at radius 2 is 1.80 bits per heavy atom. The van der Waals surface area contributed by atoms with Crippen molar-refractivity contribution in [2.75, 3.05) is 18.5 Å². The van der Waals surface area contributed by atoms with Crippen molar-refractivity contribution in [3.63, 3.8) is 0 Å². The zero-order valence-corrected chi connectivity index (χ0v) is 15.9. The highest BCUT2D eigenvalue weighted by Crippen LogP contribution is 2.25. The monoisotopic (exact) mass is 404 g/mol. The summed E-state index contributed by atoms with van der Waals surface area (Å²) in [6.07, 6.45) is 0.844. The topological polar surface area (TPSA) is 67.4 Å². The van der Waals surface area contributed by atoms with Crippen LogP contribution in [0.5, 0.6) is 5.75 Å². The largest absolute Gasteiger partial charge is 0.493 e. The maximum absolute atomic E-state index is 12.7. The van der Waals surface area contributed by atoms with Gasteiger partial charge in [-0.15, -0.1) is 0 Å². The fraction of sp³-hybridized carbons (Fsp3) is 0.263. The summed E-state index contributed by atoms with van der Waals surface area (Å²) in [5.74, 6) is -0.0442. The molecule has 0 bridgehead atoms. The zero-order chi connectivity index (χ0) is 18.2. The van der Waals surface area contributed by atoms with E-state index < -0.39 is 0 Å². The van der Waals surface area contributed by atoms with Crippen LogP contribution >= 0.6 is 15.9 Å². The summed E-state index contributed by atoms with van der Waals surface area (Å²) >= 11 is 3.38. The molecule has 25 heavy (non-hydrogen) atoms. The van der Waals surface area contributed by atoms with Gasteiger partial charge < -0.3 is 15.4 Å². The number of anilines is 1. The van der Waals surface area contributed by atoms with Crippen LogP contribution in [0.25, 0.3) is 0 Å². The Balaban J connectivity index is 2.29. The van der Waals surface area contributed by atoms with Gasteiger partial charge in [-0.2, -0.15) is 0 Å². The van der Waals surface area contributed by atoms with Crippen LogP contribution in [-0.4, -0.2) is 25.0 Å². The highest BCUT2D eigenvalue weighted by atomic mass is 79.9. The molecular formula is C19H21BrN2O3. The fourth-order valence-corrected chi connectivity index (χ4v) is 2.61. The molecule has 2 aromatic rings. The van der Waals surface area contributed by atoms with Crippen molar-refractivity contribution in [3.8, 4) is 5.75 Å². The van der Waals surface area contributed by atoms with E-state index >= 15 is 0 Å². The Morgan fingerprint density at radius 1 is 1.04 bits per heavy atom. The van der Waals surface area contributed by atoms with E-state index in [0.717, 1.165) is 10.9 Å². The van der Waals surface area contributed by atoms with Gasteiger partial charge in [-0.1, -0.05) is 35.0 Å². The number of hydrogen-bond acceptors (Lipinski definition) is 3. The molecule has 2 N–H and O–H groups in total. The van der Waals surface area contributed by atoms with E-state index in [1.165, 1.54) is 0 Å². The molecule has 132 valence electrons. The van der Waals surface area contributed by atoms with Gasteiger partial charge in [0.1, 0.15) is 5.75 Å². The summed E-state index contributed by atoms with van der Waals surface area (Å²) in [4.78, 5) is 24.9. The molecule has 0 aliphatic rings. The number of amides is 2. The van der Waals surface area contributed by atoms with E-state index in [1.54, 1.807) is 36.4 Å². The van der Waals surface area contributed by atoms with Crippen LogP contribution < -0.4 is 15.4 Å². The Bertz CT molecular complexity index is 762. The van der Waals surface area contributed by atoms with Crippen LogP contribution in [-0.2, 0) is 0 Å². The Labute approximate surface area is 155 Å². The summed E-state index contributed by atoms with van der Waals surface area (Å²) in [5.41, 5.74) is 1.29. The molecule has 0 spiro atoms. The Kier molecular flexibility index (Phi) is 7.01. The third-order valence-corrected chi connectivity index (χ3v) is 3.90.